The Morgan fingerprint density at radius 2 is 1.25 bits per heavy atom. The van der Waals surface area contributed by atoms with E-state index in [0.717, 1.165) is 26.1 Å². The summed E-state index contributed by atoms with van der Waals surface area (Å²) in [5, 5.41) is 0. The van der Waals surface area contributed by atoms with Gasteiger partial charge in [-0.05, 0) is 12.8 Å². The van der Waals surface area contributed by atoms with Gasteiger partial charge >= 0.3 is 0 Å². The minimum Gasteiger partial charge on any atom is -0.237 e. The highest BCUT2D eigenvalue weighted by molar-refractivity contribution is 4.36. The molecule has 0 atom stereocenters. The van der Waals surface area contributed by atoms with Gasteiger partial charge in [-0.2, -0.15) is 0 Å². The number of unbranched alkanes of at least 4 members (excludes halogenated alkanes) is 3. The topological polar surface area (TPSA) is 18.5 Å². The van der Waals surface area contributed by atoms with Crippen molar-refractivity contribution in [1.29, 1.82) is 0 Å². The summed E-state index contributed by atoms with van der Waals surface area (Å²) in [6.07, 6.45) is 7.84. The van der Waals surface area contributed by atoms with E-state index in [1.165, 1.54) is 25.7 Å². The van der Waals surface area contributed by atoms with E-state index in [1.54, 1.807) is 0 Å². The molecule has 1 aliphatic heterocycles. The van der Waals surface area contributed by atoms with E-state index in [0.29, 0.717) is 0 Å². The molecule has 0 aromatic heterocycles. The third-order valence-electron chi connectivity index (χ3n) is 1.75. The monoisotopic (exact) mass is 174 g/mol. The molecule has 12 heavy (non-hydrogen) atoms. The van der Waals surface area contributed by atoms with Crippen LogP contribution in [0.3, 0.4) is 0 Å². The lowest BCUT2D eigenvalue weighted by Gasteiger charge is -2.07. The predicted molar refractivity (Wildman–Crippen MR) is 51.0 cm³/mol. The van der Waals surface area contributed by atoms with E-state index in [-0.39, 0.29) is 0 Å². The summed E-state index contributed by atoms with van der Waals surface area (Å²) in [5.74, 6) is 0. The largest absolute Gasteiger partial charge is 0.237 e. The second-order valence-electron chi connectivity index (χ2n) is 3.06. The van der Waals surface area contributed by atoms with Gasteiger partial charge in [0, 0.05) is 0 Å². The minimum absolute atomic E-state index is 0.778. The molecule has 0 aromatic rings. The molecule has 0 spiro atoms. The van der Waals surface area contributed by atoms with Gasteiger partial charge in [-0.25, -0.2) is 9.78 Å². The van der Waals surface area contributed by atoms with Crippen LogP contribution < -0.4 is 0 Å². The second-order valence-corrected chi connectivity index (χ2v) is 3.06. The Hall–Kier alpha value is -0.0800. The van der Waals surface area contributed by atoms with Gasteiger partial charge in [-0.3, -0.25) is 0 Å². The number of hydrogen-bond donors (Lipinski definition) is 0. The molecule has 1 fully saturated rings. The zero-order valence-corrected chi connectivity index (χ0v) is 8.47. The molecule has 0 aliphatic carbocycles. The van der Waals surface area contributed by atoms with E-state index in [2.05, 4.69) is 23.6 Å². The SMILES string of the molecule is C1CCOOC1.CCCCCC. The van der Waals surface area contributed by atoms with E-state index in [9.17, 15) is 0 Å². The van der Waals surface area contributed by atoms with Gasteiger partial charge in [0.1, 0.15) is 0 Å². The Kier molecular flexibility index (Phi) is 10.8. The fourth-order valence-electron chi connectivity index (χ4n) is 0.940. The summed E-state index contributed by atoms with van der Waals surface area (Å²) in [7, 11) is 0. The molecule has 0 unspecified atom stereocenters. The van der Waals surface area contributed by atoms with Crippen LogP contribution in [-0.2, 0) is 9.78 Å². The summed E-state index contributed by atoms with van der Waals surface area (Å²) in [4.78, 5) is 9.14. The van der Waals surface area contributed by atoms with E-state index < -0.39 is 0 Å². The lowest BCUT2D eigenvalue weighted by molar-refractivity contribution is -0.312. The van der Waals surface area contributed by atoms with Crippen molar-refractivity contribution >= 4 is 0 Å². The van der Waals surface area contributed by atoms with Crippen molar-refractivity contribution in [3.63, 3.8) is 0 Å². The summed E-state index contributed by atoms with van der Waals surface area (Å²) in [5.41, 5.74) is 0. The smallest absolute Gasteiger partial charge is 0.0823 e. The van der Waals surface area contributed by atoms with Crippen molar-refractivity contribution < 1.29 is 9.78 Å². The summed E-state index contributed by atoms with van der Waals surface area (Å²) in [6.45, 7) is 6.02. The quantitative estimate of drug-likeness (QED) is 0.482. The van der Waals surface area contributed by atoms with Gasteiger partial charge in [0.05, 0.1) is 13.2 Å². The van der Waals surface area contributed by atoms with Gasteiger partial charge < -0.3 is 0 Å². The molecule has 74 valence electrons. The fraction of sp³-hybridized carbons (Fsp3) is 1.00. The highest BCUT2D eigenvalue weighted by Gasteiger charge is 1.95. The van der Waals surface area contributed by atoms with E-state index in [1.807, 2.05) is 0 Å². The lowest BCUT2D eigenvalue weighted by Crippen LogP contribution is -2.05. The van der Waals surface area contributed by atoms with Crippen LogP contribution in [0.2, 0.25) is 0 Å². The molecule has 1 rings (SSSR count). The molecule has 0 amide bonds. The summed E-state index contributed by atoms with van der Waals surface area (Å²) >= 11 is 0. The fourth-order valence-corrected chi connectivity index (χ4v) is 0.940. The third-order valence-corrected chi connectivity index (χ3v) is 1.75. The van der Waals surface area contributed by atoms with Crippen LogP contribution in [0, 0.1) is 0 Å². The molecule has 2 nitrogen and oxygen atoms in total. The molecule has 0 radical (unpaired) electrons. The van der Waals surface area contributed by atoms with Crippen molar-refractivity contribution in [3.8, 4) is 0 Å². The molecule has 1 aliphatic rings. The van der Waals surface area contributed by atoms with Crippen LogP contribution in [0.15, 0.2) is 0 Å². The normalized spacial score (nSPS) is 16.5. The maximum absolute atomic E-state index is 4.57. The zero-order chi connectivity index (χ0) is 9.07. The van der Waals surface area contributed by atoms with Crippen molar-refractivity contribution in [2.45, 2.75) is 52.4 Å². The first-order chi connectivity index (χ1) is 5.91. The molecule has 0 bridgehead atoms. The van der Waals surface area contributed by atoms with E-state index in [4.69, 9.17) is 0 Å². The average Bonchev–Trinajstić information content (AvgIpc) is 2.18. The Morgan fingerprint density at radius 3 is 1.42 bits per heavy atom. The van der Waals surface area contributed by atoms with Crippen LogP contribution in [0.5, 0.6) is 0 Å². The summed E-state index contributed by atoms with van der Waals surface area (Å²) < 4.78 is 0. The Morgan fingerprint density at radius 1 is 0.833 bits per heavy atom. The molecular formula is C10H22O2. The molecule has 1 saturated heterocycles. The maximum Gasteiger partial charge on any atom is 0.0823 e. The molecule has 0 N–H and O–H groups in total. The van der Waals surface area contributed by atoms with Gasteiger partial charge in [-0.1, -0.05) is 39.5 Å². The van der Waals surface area contributed by atoms with Gasteiger partial charge in [0.25, 0.3) is 0 Å². The predicted octanol–water partition coefficient (Wildman–Crippen LogP) is 3.32. The first kappa shape index (κ1) is 11.9. The van der Waals surface area contributed by atoms with E-state index >= 15 is 0 Å². The first-order valence-corrected chi connectivity index (χ1v) is 5.16. The second kappa shape index (κ2) is 10.9. The third kappa shape index (κ3) is 9.92. The van der Waals surface area contributed by atoms with Crippen LogP contribution in [0.1, 0.15) is 52.4 Å². The number of hydrogen-bond acceptors (Lipinski definition) is 2. The standard InChI is InChI=1S/C6H14.C4H8O2/c1-3-5-6-4-2;1-2-4-6-5-3-1/h3-6H2,1-2H3;1-4H2. The number of rotatable bonds is 3. The summed E-state index contributed by atoms with van der Waals surface area (Å²) in [6, 6.07) is 0. The van der Waals surface area contributed by atoms with Crippen LogP contribution in [0.25, 0.3) is 0 Å². The molecule has 2 heteroatoms. The maximum atomic E-state index is 4.57. The van der Waals surface area contributed by atoms with Gasteiger partial charge in [0.15, 0.2) is 0 Å². The van der Waals surface area contributed by atoms with Crippen molar-refractivity contribution in [2.24, 2.45) is 0 Å². The molecule has 0 saturated carbocycles. The zero-order valence-electron chi connectivity index (χ0n) is 8.47. The first-order valence-electron chi connectivity index (χ1n) is 5.16. The van der Waals surface area contributed by atoms with Gasteiger partial charge in [-0.15, -0.1) is 0 Å². The van der Waals surface area contributed by atoms with Crippen LogP contribution >= 0.6 is 0 Å². The average molecular weight is 174 g/mol. The van der Waals surface area contributed by atoms with Crippen molar-refractivity contribution in [3.05, 3.63) is 0 Å². The molecule has 1 heterocycles. The Bertz CT molecular complexity index is 54.7. The van der Waals surface area contributed by atoms with Crippen molar-refractivity contribution in [2.75, 3.05) is 13.2 Å². The molecular weight excluding hydrogens is 152 g/mol. The Balaban J connectivity index is 0.000000202. The highest BCUT2D eigenvalue weighted by Crippen LogP contribution is 1.97. The van der Waals surface area contributed by atoms with Crippen LogP contribution in [-0.4, -0.2) is 13.2 Å². The highest BCUT2D eigenvalue weighted by atomic mass is 17.2. The van der Waals surface area contributed by atoms with Gasteiger partial charge in [0.2, 0.25) is 0 Å². The molecule has 0 aromatic carbocycles. The minimum atomic E-state index is 0.778. The van der Waals surface area contributed by atoms with Crippen LogP contribution in [0.4, 0.5) is 0 Å². The van der Waals surface area contributed by atoms with Crippen molar-refractivity contribution in [1.82, 2.24) is 0 Å². The lowest BCUT2D eigenvalue weighted by atomic mass is 10.2. The Labute approximate surface area is 76.2 Å².